The van der Waals surface area contributed by atoms with E-state index >= 15 is 0 Å². The molecule has 0 radical (unpaired) electrons. The molecule has 0 aliphatic carbocycles. The number of hydrogen-bond donors (Lipinski definition) is 2. The molecule has 2 N–H and O–H groups in total. The Morgan fingerprint density at radius 1 is 1.18 bits per heavy atom. The van der Waals surface area contributed by atoms with Crippen LogP contribution in [0.25, 0.3) is 0 Å². The van der Waals surface area contributed by atoms with Gasteiger partial charge in [-0.25, -0.2) is 4.79 Å². The lowest BCUT2D eigenvalue weighted by atomic mass is 10.2. The number of hydrogen-bond acceptors (Lipinski definition) is 6. The lowest BCUT2D eigenvalue weighted by molar-refractivity contribution is -0.136. The van der Waals surface area contributed by atoms with Crippen LogP contribution in [0, 0.1) is 6.92 Å². The summed E-state index contributed by atoms with van der Waals surface area (Å²) in [5.74, 6) is 0.673. The van der Waals surface area contributed by atoms with E-state index in [1.807, 2.05) is 38.1 Å². The van der Waals surface area contributed by atoms with Crippen LogP contribution in [0.1, 0.15) is 25.6 Å². The first kappa shape index (κ1) is 24.3. The van der Waals surface area contributed by atoms with Gasteiger partial charge in [0, 0.05) is 44.1 Å². The molecule has 0 spiro atoms. The van der Waals surface area contributed by atoms with Crippen molar-refractivity contribution in [3.63, 3.8) is 0 Å². The Kier molecular flexibility index (Phi) is 8.10. The monoisotopic (exact) mass is 474 g/mol. The second kappa shape index (κ2) is 11.0. The zero-order chi connectivity index (χ0) is 24.0. The van der Waals surface area contributed by atoms with Gasteiger partial charge in [0.1, 0.15) is 11.8 Å². The van der Waals surface area contributed by atoms with Crippen LogP contribution in [0.3, 0.4) is 0 Å². The van der Waals surface area contributed by atoms with E-state index in [0.717, 1.165) is 17.1 Å². The Morgan fingerprint density at radius 2 is 1.88 bits per heavy atom. The minimum absolute atomic E-state index is 0.0513. The number of rotatable bonds is 6. The van der Waals surface area contributed by atoms with Gasteiger partial charge in [-0.2, -0.15) is 5.10 Å². The summed E-state index contributed by atoms with van der Waals surface area (Å²) >= 11 is 5.42. The summed E-state index contributed by atoms with van der Waals surface area (Å²) in [7, 11) is 1.61. The number of carbonyl (C=O) groups is 2. The number of benzene rings is 1. The fraction of sp³-hybridized carbons (Fsp3) is 0.455. The molecule has 1 saturated heterocycles. The maximum absolute atomic E-state index is 13.0. The molecule has 2 heterocycles. The van der Waals surface area contributed by atoms with Crippen LogP contribution in [-0.4, -0.2) is 76.6 Å². The molecule has 0 bridgehead atoms. The second-order valence-electron chi connectivity index (χ2n) is 7.61. The second-order valence-corrected chi connectivity index (χ2v) is 8.01. The number of piperazine rings is 1. The van der Waals surface area contributed by atoms with Gasteiger partial charge in [-0.15, -0.1) is 0 Å². The molecular weight excluding hydrogens is 444 g/mol. The predicted molar refractivity (Wildman–Crippen MR) is 130 cm³/mol. The quantitative estimate of drug-likeness (QED) is 0.617. The van der Waals surface area contributed by atoms with Crippen LogP contribution in [0.4, 0.5) is 16.2 Å². The van der Waals surface area contributed by atoms with Crippen molar-refractivity contribution in [2.45, 2.75) is 26.8 Å². The number of amides is 2. The fourth-order valence-corrected chi connectivity index (χ4v) is 3.72. The Bertz CT molecular complexity index is 1000. The van der Waals surface area contributed by atoms with Crippen LogP contribution in [0.5, 0.6) is 5.75 Å². The third-order valence-corrected chi connectivity index (χ3v) is 5.57. The average molecular weight is 475 g/mol. The van der Waals surface area contributed by atoms with Crippen molar-refractivity contribution in [2.75, 3.05) is 50.5 Å². The topological polar surface area (TPSA) is 101 Å². The molecule has 1 unspecified atom stereocenters. The van der Waals surface area contributed by atoms with Gasteiger partial charge in [0.2, 0.25) is 5.91 Å². The Morgan fingerprint density at radius 3 is 2.55 bits per heavy atom. The molecule has 33 heavy (non-hydrogen) atoms. The molecule has 3 rings (SSSR count). The average Bonchev–Trinajstić information content (AvgIpc) is 3.18. The number of nitrogens with zero attached hydrogens (tertiary/aromatic N) is 4. The number of nitrogens with one attached hydrogen (secondary N) is 2. The number of carbonyl (C=O) groups excluding carboxylic acids is 2. The van der Waals surface area contributed by atoms with Crippen molar-refractivity contribution in [2.24, 2.45) is 0 Å². The van der Waals surface area contributed by atoms with Crippen LogP contribution in [0.2, 0.25) is 0 Å². The first-order valence-electron chi connectivity index (χ1n) is 10.8. The van der Waals surface area contributed by atoms with Crippen molar-refractivity contribution in [3.8, 4) is 5.75 Å². The molecule has 2 amide bonds. The molecule has 178 valence electrons. The highest BCUT2D eigenvalue weighted by atomic mass is 32.1. The third kappa shape index (κ3) is 6.13. The summed E-state index contributed by atoms with van der Waals surface area (Å²) in [5, 5.41) is 11.1. The van der Waals surface area contributed by atoms with Crippen LogP contribution in [-0.2, 0) is 9.53 Å². The lowest BCUT2D eigenvalue weighted by Crippen LogP contribution is -2.52. The number of aryl methyl sites for hydroxylation is 1. The SMILES string of the molecule is CCOC(=O)N1CCN(C(=O)C(C)n2cc(NC(=S)Nc3cccc(OC)c3)c(C)n2)CC1. The first-order valence-corrected chi connectivity index (χ1v) is 11.2. The van der Waals surface area contributed by atoms with E-state index in [-0.39, 0.29) is 12.0 Å². The van der Waals surface area contributed by atoms with Gasteiger partial charge in [-0.3, -0.25) is 9.48 Å². The molecule has 1 fully saturated rings. The normalized spacial score (nSPS) is 14.4. The van der Waals surface area contributed by atoms with E-state index in [0.29, 0.717) is 43.6 Å². The molecule has 1 aliphatic rings. The van der Waals surface area contributed by atoms with Crippen molar-refractivity contribution >= 4 is 40.7 Å². The summed E-state index contributed by atoms with van der Waals surface area (Å²) in [4.78, 5) is 28.2. The smallest absolute Gasteiger partial charge is 0.409 e. The molecule has 1 aromatic heterocycles. The zero-order valence-corrected chi connectivity index (χ0v) is 20.1. The highest BCUT2D eigenvalue weighted by molar-refractivity contribution is 7.80. The first-order chi connectivity index (χ1) is 15.8. The van der Waals surface area contributed by atoms with Crippen LogP contribution < -0.4 is 15.4 Å². The van der Waals surface area contributed by atoms with Crippen molar-refractivity contribution in [1.29, 1.82) is 0 Å². The summed E-state index contributed by atoms with van der Waals surface area (Å²) in [6.07, 6.45) is 1.43. The number of aromatic nitrogens is 2. The summed E-state index contributed by atoms with van der Waals surface area (Å²) in [6.45, 7) is 7.59. The van der Waals surface area contributed by atoms with E-state index in [4.69, 9.17) is 21.7 Å². The highest BCUT2D eigenvalue weighted by Crippen LogP contribution is 2.20. The van der Waals surface area contributed by atoms with E-state index in [2.05, 4.69) is 15.7 Å². The number of ether oxygens (including phenoxy) is 2. The Hall–Kier alpha value is -3.34. The zero-order valence-electron chi connectivity index (χ0n) is 19.3. The van der Waals surface area contributed by atoms with Crippen LogP contribution in [0.15, 0.2) is 30.5 Å². The van der Waals surface area contributed by atoms with E-state index in [1.165, 1.54) is 0 Å². The largest absolute Gasteiger partial charge is 0.497 e. The van der Waals surface area contributed by atoms with Gasteiger partial charge in [0.25, 0.3) is 0 Å². The highest BCUT2D eigenvalue weighted by Gasteiger charge is 2.28. The maximum Gasteiger partial charge on any atom is 0.409 e. The molecule has 10 nitrogen and oxygen atoms in total. The third-order valence-electron chi connectivity index (χ3n) is 5.36. The fourth-order valence-electron chi connectivity index (χ4n) is 3.49. The minimum Gasteiger partial charge on any atom is -0.497 e. The predicted octanol–water partition coefficient (Wildman–Crippen LogP) is 2.87. The molecule has 1 aliphatic heterocycles. The summed E-state index contributed by atoms with van der Waals surface area (Å²) in [6, 6.07) is 6.95. The van der Waals surface area contributed by atoms with E-state index in [1.54, 1.807) is 34.7 Å². The molecular formula is C22H30N6O4S. The summed E-state index contributed by atoms with van der Waals surface area (Å²) in [5.41, 5.74) is 2.22. The Labute approximate surface area is 198 Å². The Balaban J connectivity index is 1.58. The van der Waals surface area contributed by atoms with Crippen molar-refractivity contribution in [3.05, 3.63) is 36.2 Å². The molecule has 0 saturated carbocycles. The number of methoxy groups -OCH3 is 1. The molecule has 1 aromatic carbocycles. The lowest BCUT2D eigenvalue weighted by Gasteiger charge is -2.35. The molecule has 11 heteroatoms. The summed E-state index contributed by atoms with van der Waals surface area (Å²) < 4.78 is 11.9. The van der Waals surface area contributed by atoms with Crippen molar-refractivity contribution in [1.82, 2.24) is 19.6 Å². The minimum atomic E-state index is -0.492. The van der Waals surface area contributed by atoms with Gasteiger partial charge in [0.05, 0.1) is 25.1 Å². The van der Waals surface area contributed by atoms with Gasteiger partial charge in [-0.05, 0) is 45.1 Å². The van der Waals surface area contributed by atoms with Gasteiger partial charge in [-0.1, -0.05) is 6.07 Å². The van der Waals surface area contributed by atoms with E-state index < -0.39 is 6.04 Å². The standard InChI is InChI=1S/C22H30N6O4S/c1-5-32-22(30)27-11-9-26(10-12-27)20(29)16(3)28-14-19(15(2)25-28)24-21(33)23-17-7-6-8-18(13-17)31-4/h6-8,13-14,16H,5,9-12H2,1-4H3,(H2,23,24,33). The number of anilines is 2. The van der Waals surface area contributed by atoms with Gasteiger partial charge < -0.3 is 29.9 Å². The molecule has 1 atom stereocenters. The van der Waals surface area contributed by atoms with Gasteiger partial charge >= 0.3 is 6.09 Å². The van der Waals surface area contributed by atoms with Gasteiger partial charge in [0.15, 0.2) is 5.11 Å². The van der Waals surface area contributed by atoms with Crippen molar-refractivity contribution < 1.29 is 19.1 Å². The van der Waals surface area contributed by atoms with Crippen LogP contribution >= 0.6 is 12.2 Å². The number of thiocarbonyl (C=S) groups is 1. The molecule has 2 aromatic rings. The maximum atomic E-state index is 13.0. The van der Waals surface area contributed by atoms with E-state index in [9.17, 15) is 9.59 Å².